The number of anilines is 1. The second-order valence-corrected chi connectivity index (χ2v) is 5.26. The Hall–Kier alpha value is -1.69. The minimum atomic E-state index is -0.261. The van der Waals surface area contributed by atoms with Gasteiger partial charge >= 0.3 is 5.97 Å². The van der Waals surface area contributed by atoms with E-state index < -0.39 is 0 Å². The van der Waals surface area contributed by atoms with Crippen molar-refractivity contribution in [2.75, 3.05) is 18.1 Å². The summed E-state index contributed by atoms with van der Waals surface area (Å²) in [6, 6.07) is 3.43. The largest absolute Gasteiger partial charge is 0.464 e. The molecule has 1 saturated heterocycles. The first kappa shape index (κ1) is 14.7. The molecular formula is C14H19N3O2S. The molecule has 1 aromatic rings. The van der Waals surface area contributed by atoms with Gasteiger partial charge in [0.1, 0.15) is 16.8 Å². The van der Waals surface area contributed by atoms with Crippen LogP contribution in [0, 0.1) is 6.92 Å². The van der Waals surface area contributed by atoms with Gasteiger partial charge in [-0.05, 0) is 38.8 Å². The molecular weight excluding hydrogens is 274 g/mol. The highest BCUT2D eigenvalue weighted by Gasteiger charge is 2.33. The number of carbonyl (C=O) groups excluding carboxylic acids is 1. The fourth-order valence-corrected chi connectivity index (χ4v) is 2.58. The lowest BCUT2D eigenvalue weighted by atomic mass is 10.2. The first-order chi connectivity index (χ1) is 9.52. The van der Waals surface area contributed by atoms with Crippen molar-refractivity contribution in [1.29, 1.82) is 0 Å². The molecule has 1 aromatic heterocycles. The molecule has 1 atom stereocenters. The van der Waals surface area contributed by atoms with E-state index in [0.717, 1.165) is 36.5 Å². The fourth-order valence-electron chi connectivity index (χ4n) is 2.46. The predicted octanol–water partition coefficient (Wildman–Crippen LogP) is 1.56. The monoisotopic (exact) mass is 293 g/mol. The Morgan fingerprint density at radius 2 is 2.35 bits per heavy atom. The molecule has 0 aliphatic carbocycles. The summed E-state index contributed by atoms with van der Waals surface area (Å²) in [7, 11) is 0. The molecule has 0 aromatic carbocycles. The number of thiocarbonyl (C=S) groups is 1. The van der Waals surface area contributed by atoms with Gasteiger partial charge in [0, 0.05) is 17.8 Å². The molecule has 2 rings (SSSR count). The molecule has 1 aliphatic rings. The highest BCUT2D eigenvalue weighted by atomic mass is 32.1. The molecule has 1 unspecified atom stereocenters. The lowest BCUT2D eigenvalue weighted by molar-refractivity contribution is -0.144. The summed E-state index contributed by atoms with van der Waals surface area (Å²) >= 11 is 5.02. The first-order valence-corrected chi connectivity index (χ1v) is 7.15. The summed E-state index contributed by atoms with van der Waals surface area (Å²) in [6.07, 6.45) is 1.73. The number of nitrogens with two attached hydrogens (primary N) is 1. The number of aryl methyl sites for hydroxylation is 1. The predicted molar refractivity (Wildman–Crippen MR) is 81.9 cm³/mol. The van der Waals surface area contributed by atoms with Gasteiger partial charge in [-0.1, -0.05) is 12.2 Å². The van der Waals surface area contributed by atoms with Gasteiger partial charge in [-0.2, -0.15) is 0 Å². The van der Waals surface area contributed by atoms with Gasteiger partial charge in [0.05, 0.1) is 6.61 Å². The normalized spacial score (nSPS) is 18.1. The number of carbonyl (C=O) groups is 1. The summed E-state index contributed by atoms with van der Waals surface area (Å²) in [5.74, 6) is 0.550. The number of nitrogens with zero attached hydrogens (tertiary/aromatic N) is 2. The molecule has 2 N–H and O–H groups in total. The minimum Gasteiger partial charge on any atom is -0.464 e. The Kier molecular flexibility index (Phi) is 4.54. The Labute approximate surface area is 124 Å². The van der Waals surface area contributed by atoms with E-state index in [9.17, 15) is 4.79 Å². The lowest BCUT2D eigenvalue weighted by Crippen LogP contribution is -2.38. The maximum atomic E-state index is 12.0. The Bertz CT molecular complexity index is 533. The third kappa shape index (κ3) is 3.07. The topological polar surface area (TPSA) is 68.5 Å². The van der Waals surface area contributed by atoms with E-state index >= 15 is 0 Å². The van der Waals surface area contributed by atoms with Gasteiger partial charge in [0.15, 0.2) is 0 Å². The standard InChI is InChI=1S/C14H19N3O2S/c1-3-19-14(18)11-5-4-6-17(11)12-8-10(13(15)20)7-9(2)16-12/h7-8,11H,3-6H2,1-2H3,(H2,15,20). The third-order valence-corrected chi connectivity index (χ3v) is 3.57. The zero-order valence-corrected chi connectivity index (χ0v) is 12.6. The number of hydrogen-bond donors (Lipinski definition) is 1. The van der Waals surface area contributed by atoms with Gasteiger partial charge in [-0.3, -0.25) is 0 Å². The van der Waals surface area contributed by atoms with E-state index in [1.807, 2.05) is 30.9 Å². The number of rotatable bonds is 4. The molecule has 0 bridgehead atoms. The molecule has 0 spiro atoms. The molecule has 108 valence electrons. The number of esters is 1. The summed E-state index contributed by atoms with van der Waals surface area (Å²) in [6.45, 7) is 4.88. The number of pyridine rings is 1. The SMILES string of the molecule is CCOC(=O)C1CCCN1c1cc(C(N)=S)cc(C)n1. The maximum Gasteiger partial charge on any atom is 0.328 e. The second-order valence-electron chi connectivity index (χ2n) is 4.82. The van der Waals surface area contributed by atoms with Crippen LogP contribution in [0.25, 0.3) is 0 Å². The van der Waals surface area contributed by atoms with Crippen molar-refractivity contribution in [1.82, 2.24) is 4.98 Å². The average molecular weight is 293 g/mol. The second kappa shape index (κ2) is 6.17. The average Bonchev–Trinajstić information content (AvgIpc) is 2.87. The number of aromatic nitrogens is 1. The number of hydrogen-bond acceptors (Lipinski definition) is 5. The molecule has 0 radical (unpaired) electrons. The van der Waals surface area contributed by atoms with Gasteiger partial charge < -0.3 is 15.4 Å². The fraction of sp³-hybridized carbons (Fsp3) is 0.500. The molecule has 6 heteroatoms. The van der Waals surface area contributed by atoms with Crippen LogP contribution in [0.5, 0.6) is 0 Å². The molecule has 5 nitrogen and oxygen atoms in total. The summed E-state index contributed by atoms with van der Waals surface area (Å²) in [5.41, 5.74) is 7.29. The maximum absolute atomic E-state index is 12.0. The van der Waals surface area contributed by atoms with Crippen molar-refractivity contribution in [3.05, 3.63) is 23.4 Å². The zero-order valence-electron chi connectivity index (χ0n) is 11.8. The van der Waals surface area contributed by atoms with Crippen LogP contribution in [0.1, 0.15) is 31.0 Å². The van der Waals surface area contributed by atoms with Gasteiger partial charge in [0.25, 0.3) is 0 Å². The van der Waals surface area contributed by atoms with E-state index in [1.165, 1.54) is 0 Å². The van der Waals surface area contributed by atoms with E-state index in [4.69, 9.17) is 22.7 Å². The van der Waals surface area contributed by atoms with Gasteiger partial charge in [-0.15, -0.1) is 0 Å². The lowest BCUT2D eigenvalue weighted by Gasteiger charge is -2.24. The third-order valence-electron chi connectivity index (χ3n) is 3.33. The van der Waals surface area contributed by atoms with Crippen LogP contribution in [0.4, 0.5) is 5.82 Å². The van der Waals surface area contributed by atoms with Crippen LogP contribution in [0.15, 0.2) is 12.1 Å². The van der Waals surface area contributed by atoms with Crippen LogP contribution >= 0.6 is 12.2 Å². The van der Waals surface area contributed by atoms with Gasteiger partial charge in [-0.25, -0.2) is 9.78 Å². The number of ether oxygens (including phenoxy) is 1. The van der Waals surface area contributed by atoms with E-state index in [2.05, 4.69) is 4.98 Å². The van der Waals surface area contributed by atoms with Crippen LogP contribution in [-0.4, -0.2) is 35.1 Å². The highest BCUT2D eigenvalue weighted by molar-refractivity contribution is 7.80. The Morgan fingerprint density at radius 1 is 1.60 bits per heavy atom. The van der Waals surface area contributed by atoms with E-state index in [0.29, 0.717) is 11.6 Å². The Morgan fingerprint density at radius 3 is 3.00 bits per heavy atom. The van der Waals surface area contributed by atoms with Crippen LogP contribution < -0.4 is 10.6 Å². The highest BCUT2D eigenvalue weighted by Crippen LogP contribution is 2.26. The molecule has 0 saturated carbocycles. The minimum absolute atomic E-state index is 0.190. The van der Waals surface area contributed by atoms with Crippen molar-refractivity contribution in [2.24, 2.45) is 5.73 Å². The van der Waals surface area contributed by atoms with E-state index in [1.54, 1.807) is 0 Å². The quantitative estimate of drug-likeness (QED) is 0.671. The molecule has 2 heterocycles. The van der Waals surface area contributed by atoms with Crippen molar-refractivity contribution >= 4 is 29.0 Å². The smallest absolute Gasteiger partial charge is 0.328 e. The molecule has 1 fully saturated rings. The van der Waals surface area contributed by atoms with Crippen LogP contribution in [0.2, 0.25) is 0 Å². The first-order valence-electron chi connectivity index (χ1n) is 6.74. The summed E-state index contributed by atoms with van der Waals surface area (Å²) in [4.78, 5) is 18.8. The van der Waals surface area contributed by atoms with Crippen molar-refractivity contribution < 1.29 is 9.53 Å². The molecule has 20 heavy (non-hydrogen) atoms. The molecule has 0 amide bonds. The summed E-state index contributed by atoms with van der Waals surface area (Å²) in [5, 5.41) is 0. The zero-order chi connectivity index (χ0) is 14.7. The molecule has 1 aliphatic heterocycles. The van der Waals surface area contributed by atoms with Gasteiger partial charge in [0.2, 0.25) is 0 Å². The van der Waals surface area contributed by atoms with E-state index in [-0.39, 0.29) is 12.0 Å². The summed E-state index contributed by atoms with van der Waals surface area (Å²) < 4.78 is 5.13. The van der Waals surface area contributed by atoms with Crippen LogP contribution in [-0.2, 0) is 9.53 Å². The van der Waals surface area contributed by atoms with Crippen molar-refractivity contribution in [2.45, 2.75) is 32.7 Å². The van der Waals surface area contributed by atoms with Crippen molar-refractivity contribution in [3.8, 4) is 0 Å². The Balaban J connectivity index is 2.30. The van der Waals surface area contributed by atoms with Crippen LogP contribution in [0.3, 0.4) is 0 Å². The van der Waals surface area contributed by atoms with Crippen molar-refractivity contribution in [3.63, 3.8) is 0 Å².